The summed E-state index contributed by atoms with van der Waals surface area (Å²) >= 11 is 0. The molecular weight excluding hydrogens is 252 g/mol. The van der Waals surface area contributed by atoms with Crippen LogP contribution in [0, 0.1) is 0 Å². The standard InChI is InChI=1S/C15H20N4O/c1-3-16-15-18-13-7-5-4-6-12(13)14(19-15)17-10-8-11(9-10)20-2/h4-7,10-11H,3,8-9H2,1-2H3,(H2,16,17,18,19). The molecule has 2 aromatic rings. The summed E-state index contributed by atoms with van der Waals surface area (Å²) in [7, 11) is 1.77. The Bertz CT molecular complexity index is 595. The summed E-state index contributed by atoms with van der Waals surface area (Å²) in [5.41, 5.74) is 0.962. The predicted molar refractivity (Wildman–Crippen MR) is 81.1 cm³/mol. The van der Waals surface area contributed by atoms with Gasteiger partial charge in [0.2, 0.25) is 5.95 Å². The number of ether oxygens (including phenoxy) is 1. The lowest BCUT2D eigenvalue weighted by Crippen LogP contribution is -2.40. The highest BCUT2D eigenvalue weighted by Crippen LogP contribution is 2.29. The first-order valence-electron chi connectivity index (χ1n) is 7.10. The molecule has 1 aromatic carbocycles. The third-order valence-electron chi connectivity index (χ3n) is 3.71. The van der Waals surface area contributed by atoms with Gasteiger partial charge in [-0.2, -0.15) is 4.98 Å². The number of aromatic nitrogens is 2. The van der Waals surface area contributed by atoms with Gasteiger partial charge in [0.05, 0.1) is 11.6 Å². The van der Waals surface area contributed by atoms with Crippen molar-refractivity contribution in [1.29, 1.82) is 0 Å². The summed E-state index contributed by atoms with van der Waals surface area (Å²) in [4.78, 5) is 9.11. The number of para-hydroxylation sites is 1. The fourth-order valence-corrected chi connectivity index (χ4v) is 2.49. The molecule has 1 saturated carbocycles. The van der Waals surface area contributed by atoms with Gasteiger partial charge >= 0.3 is 0 Å². The largest absolute Gasteiger partial charge is 0.381 e. The van der Waals surface area contributed by atoms with E-state index in [0.717, 1.165) is 36.1 Å². The molecule has 20 heavy (non-hydrogen) atoms. The van der Waals surface area contributed by atoms with Crippen LogP contribution in [0.15, 0.2) is 24.3 Å². The molecule has 0 bridgehead atoms. The molecule has 5 heteroatoms. The van der Waals surface area contributed by atoms with Gasteiger partial charge in [0.15, 0.2) is 0 Å². The van der Waals surface area contributed by atoms with Gasteiger partial charge in [-0.15, -0.1) is 0 Å². The van der Waals surface area contributed by atoms with E-state index >= 15 is 0 Å². The van der Waals surface area contributed by atoms with Gasteiger partial charge in [-0.25, -0.2) is 4.98 Å². The molecule has 1 fully saturated rings. The molecule has 0 saturated heterocycles. The number of hydrogen-bond donors (Lipinski definition) is 2. The van der Waals surface area contributed by atoms with Gasteiger partial charge in [-0.1, -0.05) is 12.1 Å². The third kappa shape index (κ3) is 2.54. The topological polar surface area (TPSA) is 59.1 Å². The molecule has 0 radical (unpaired) electrons. The zero-order valence-corrected chi connectivity index (χ0v) is 11.9. The normalized spacial score (nSPS) is 21.5. The van der Waals surface area contributed by atoms with Gasteiger partial charge in [0.25, 0.3) is 0 Å². The van der Waals surface area contributed by atoms with Crippen molar-refractivity contribution in [2.24, 2.45) is 0 Å². The molecule has 106 valence electrons. The van der Waals surface area contributed by atoms with Crippen LogP contribution in [0.1, 0.15) is 19.8 Å². The monoisotopic (exact) mass is 272 g/mol. The third-order valence-corrected chi connectivity index (χ3v) is 3.71. The molecule has 1 aromatic heterocycles. The van der Waals surface area contributed by atoms with E-state index < -0.39 is 0 Å². The lowest BCUT2D eigenvalue weighted by molar-refractivity contribution is 0.0328. The summed E-state index contributed by atoms with van der Waals surface area (Å²) in [6, 6.07) is 8.52. The first-order chi connectivity index (χ1) is 9.80. The maximum Gasteiger partial charge on any atom is 0.225 e. The second-order valence-electron chi connectivity index (χ2n) is 5.11. The molecule has 2 N–H and O–H groups in total. The zero-order valence-electron chi connectivity index (χ0n) is 11.9. The lowest BCUT2D eigenvalue weighted by atomic mass is 9.89. The number of rotatable bonds is 5. The van der Waals surface area contributed by atoms with Crippen LogP contribution in [-0.2, 0) is 4.74 Å². The first-order valence-corrected chi connectivity index (χ1v) is 7.10. The Morgan fingerprint density at radius 3 is 2.80 bits per heavy atom. The van der Waals surface area contributed by atoms with Crippen LogP contribution in [0.2, 0.25) is 0 Å². The van der Waals surface area contributed by atoms with Crippen molar-refractivity contribution in [1.82, 2.24) is 9.97 Å². The minimum Gasteiger partial charge on any atom is -0.381 e. The SMILES string of the molecule is CCNc1nc(NC2CC(OC)C2)c2ccccc2n1. The predicted octanol–water partition coefficient (Wildman–Crippen LogP) is 2.65. The molecule has 0 amide bonds. The van der Waals surface area contributed by atoms with Crippen LogP contribution < -0.4 is 10.6 Å². The molecule has 0 unspecified atom stereocenters. The van der Waals surface area contributed by atoms with E-state index in [0.29, 0.717) is 18.1 Å². The molecule has 5 nitrogen and oxygen atoms in total. The number of anilines is 2. The van der Waals surface area contributed by atoms with Crippen LogP contribution in [0.4, 0.5) is 11.8 Å². The Morgan fingerprint density at radius 2 is 2.05 bits per heavy atom. The number of methoxy groups -OCH3 is 1. The van der Waals surface area contributed by atoms with E-state index in [2.05, 4.69) is 26.7 Å². The highest BCUT2D eigenvalue weighted by Gasteiger charge is 2.29. The molecular formula is C15H20N4O. The van der Waals surface area contributed by atoms with Crippen molar-refractivity contribution in [3.05, 3.63) is 24.3 Å². The molecule has 1 aliphatic rings. The second-order valence-corrected chi connectivity index (χ2v) is 5.11. The summed E-state index contributed by atoms with van der Waals surface area (Å²) in [5, 5.41) is 7.76. The molecule has 0 spiro atoms. The minimum absolute atomic E-state index is 0.383. The van der Waals surface area contributed by atoms with E-state index in [9.17, 15) is 0 Å². The zero-order chi connectivity index (χ0) is 13.9. The van der Waals surface area contributed by atoms with E-state index in [1.54, 1.807) is 7.11 Å². The molecule has 3 rings (SSSR count). The Morgan fingerprint density at radius 1 is 1.25 bits per heavy atom. The van der Waals surface area contributed by atoms with E-state index in [1.165, 1.54) is 0 Å². The summed E-state index contributed by atoms with van der Waals surface area (Å²) < 4.78 is 5.32. The average molecular weight is 272 g/mol. The quantitative estimate of drug-likeness (QED) is 0.876. The van der Waals surface area contributed by atoms with Gasteiger partial charge in [-0.05, 0) is 31.9 Å². The molecule has 1 aliphatic carbocycles. The average Bonchev–Trinajstić information content (AvgIpc) is 2.42. The van der Waals surface area contributed by atoms with E-state index in [-0.39, 0.29) is 0 Å². The number of benzene rings is 1. The molecule has 0 atom stereocenters. The fraction of sp³-hybridized carbons (Fsp3) is 0.467. The Hall–Kier alpha value is -1.88. The van der Waals surface area contributed by atoms with Crippen molar-refractivity contribution in [3.8, 4) is 0 Å². The van der Waals surface area contributed by atoms with Crippen molar-refractivity contribution < 1.29 is 4.74 Å². The number of hydrogen-bond acceptors (Lipinski definition) is 5. The van der Waals surface area contributed by atoms with Gasteiger partial charge < -0.3 is 15.4 Å². The minimum atomic E-state index is 0.383. The fourth-order valence-electron chi connectivity index (χ4n) is 2.49. The van der Waals surface area contributed by atoms with Crippen LogP contribution in [0.3, 0.4) is 0 Å². The highest BCUT2D eigenvalue weighted by atomic mass is 16.5. The van der Waals surface area contributed by atoms with Crippen LogP contribution in [0.5, 0.6) is 0 Å². The smallest absolute Gasteiger partial charge is 0.225 e. The van der Waals surface area contributed by atoms with Crippen LogP contribution in [0.25, 0.3) is 10.9 Å². The van der Waals surface area contributed by atoms with Crippen LogP contribution >= 0.6 is 0 Å². The van der Waals surface area contributed by atoms with Crippen molar-refractivity contribution >= 4 is 22.7 Å². The summed E-state index contributed by atoms with van der Waals surface area (Å²) in [5.74, 6) is 1.59. The Labute approximate surface area is 118 Å². The highest BCUT2D eigenvalue weighted by molar-refractivity contribution is 5.90. The van der Waals surface area contributed by atoms with Crippen LogP contribution in [-0.4, -0.2) is 35.8 Å². The van der Waals surface area contributed by atoms with Gasteiger partial charge in [0.1, 0.15) is 5.82 Å². The van der Waals surface area contributed by atoms with Crippen molar-refractivity contribution in [3.63, 3.8) is 0 Å². The number of nitrogens with zero attached hydrogens (tertiary/aromatic N) is 2. The Balaban J connectivity index is 1.87. The van der Waals surface area contributed by atoms with E-state index in [4.69, 9.17) is 4.74 Å². The number of nitrogens with one attached hydrogen (secondary N) is 2. The molecule has 1 heterocycles. The molecule has 0 aliphatic heterocycles. The van der Waals surface area contributed by atoms with Gasteiger partial charge in [0, 0.05) is 25.1 Å². The lowest BCUT2D eigenvalue weighted by Gasteiger charge is -2.35. The van der Waals surface area contributed by atoms with E-state index in [1.807, 2.05) is 25.1 Å². The maximum absolute atomic E-state index is 5.32. The van der Waals surface area contributed by atoms with Crippen molar-refractivity contribution in [2.45, 2.75) is 31.9 Å². The Kier molecular flexibility index (Phi) is 3.69. The van der Waals surface area contributed by atoms with Gasteiger partial charge in [-0.3, -0.25) is 0 Å². The first kappa shape index (κ1) is 13.1. The second kappa shape index (κ2) is 5.63. The summed E-state index contributed by atoms with van der Waals surface area (Å²) in [6.45, 7) is 2.85. The van der Waals surface area contributed by atoms with Crippen molar-refractivity contribution in [2.75, 3.05) is 24.3 Å². The number of fused-ring (bicyclic) bond motifs is 1. The maximum atomic E-state index is 5.32. The summed E-state index contributed by atoms with van der Waals surface area (Å²) in [6.07, 6.45) is 2.45.